The lowest BCUT2D eigenvalue weighted by molar-refractivity contribution is 0.245. The molecule has 1 N–H and O–H groups in total. The van der Waals surface area contributed by atoms with Crippen LogP contribution >= 0.6 is 0 Å². The molecule has 0 fully saturated rings. The van der Waals surface area contributed by atoms with Crippen molar-refractivity contribution in [3.8, 4) is 0 Å². The Morgan fingerprint density at radius 1 is 1.29 bits per heavy atom. The lowest BCUT2D eigenvalue weighted by Crippen LogP contribution is -2.35. The van der Waals surface area contributed by atoms with E-state index < -0.39 is 0 Å². The molecule has 1 aromatic rings. The summed E-state index contributed by atoms with van der Waals surface area (Å²) in [6, 6.07) is 4.55. The summed E-state index contributed by atoms with van der Waals surface area (Å²) in [5, 5.41) is 3.61. The Balaban J connectivity index is 2.19. The van der Waals surface area contributed by atoms with Crippen molar-refractivity contribution in [3.63, 3.8) is 0 Å². The van der Waals surface area contributed by atoms with Crippen LogP contribution in [0, 0.1) is 11.3 Å². The topological polar surface area (TPSA) is 25.2 Å². The highest BCUT2D eigenvalue weighted by Gasteiger charge is 2.19. The second-order valence-corrected chi connectivity index (χ2v) is 6.19. The minimum Gasteiger partial charge on any atom is -0.469 e. The predicted molar refractivity (Wildman–Crippen MR) is 73.1 cm³/mol. The van der Waals surface area contributed by atoms with E-state index in [-0.39, 0.29) is 0 Å². The van der Waals surface area contributed by atoms with Crippen LogP contribution in [-0.2, 0) is 6.42 Å². The molecule has 0 bridgehead atoms. The molecule has 0 aliphatic heterocycles. The van der Waals surface area contributed by atoms with E-state index in [0.29, 0.717) is 17.4 Å². The van der Waals surface area contributed by atoms with Gasteiger partial charge in [0.05, 0.1) is 6.26 Å². The zero-order chi connectivity index (χ0) is 12.9. The number of hydrogen-bond acceptors (Lipinski definition) is 2. The first kappa shape index (κ1) is 14.3. The second-order valence-electron chi connectivity index (χ2n) is 6.19. The molecule has 2 unspecified atom stereocenters. The van der Waals surface area contributed by atoms with Gasteiger partial charge in [0.1, 0.15) is 5.76 Å². The number of aryl methyl sites for hydroxylation is 1. The van der Waals surface area contributed by atoms with Crippen molar-refractivity contribution in [1.82, 2.24) is 5.32 Å². The van der Waals surface area contributed by atoms with Crippen LogP contribution in [0.5, 0.6) is 0 Å². The summed E-state index contributed by atoms with van der Waals surface area (Å²) in [5.74, 6) is 1.77. The smallest absolute Gasteiger partial charge is 0.103 e. The monoisotopic (exact) mass is 237 g/mol. The van der Waals surface area contributed by atoms with Crippen molar-refractivity contribution < 1.29 is 4.42 Å². The average molecular weight is 237 g/mol. The number of furan rings is 1. The normalized spacial score (nSPS) is 15.8. The molecule has 0 saturated carbocycles. The van der Waals surface area contributed by atoms with Gasteiger partial charge in [0, 0.05) is 12.5 Å². The maximum absolute atomic E-state index is 5.34. The van der Waals surface area contributed by atoms with Crippen LogP contribution < -0.4 is 5.32 Å². The van der Waals surface area contributed by atoms with Gasteiger partial charge < -0.3 is 9.73 Å². The third-order valence-corrected chi connectivity index (χ3v) is 3.65. The Hall–Kier alpha value is -0.760. The van der Waals surface area contributed by atoms with E-state index in [2.05, 4.69) is 39.9 Å². The van der Waals surface area contributed by atoms with Gasteiger partial charge >= 0.3 is 0 Å². The number of nitrogens with one attached hydrogen (secondary N) is 1. The van der Waals surface area contributed by atoms with Gasteiger partial charge in [0.2, 0.25) is 0 Å². The molecule has 0 aromatic carbocycles. The van der Waals surface area contributed by atoms with Gasteiger partial charge in [-0.1, -0.05) is 27.7 Å². The van der Waals surface area contributed by atoms with Crippen molar-refractivity contribution in [3.05, 3.63) is 24.2 Å². The predicted octanol–water partition coefficient (Wildman–Crippen LogP) is 3.87. The van der Waals surface area contributed by atoms with Gasteiger partial charge in [-0.25, -0.2) is 0 Å². The highest BCUT2D eigenvalue weighted by molar-refractivity contribution is 4.98. The Kier molecular flexibility index (Phi) is 5.26. The van der Waals surface area contributed by atoms with E-state index in [1.165, 1.54) is 0 Å². The van der Waals surface area contributed by atoms with E-state index in [9.17, 15) is 0 Å². The highest BCUT2D eigenvalue weighted by atomic mass is 16.3. The zero-order valence-electron chi connectivity index (χ0n) is 11.9. The number of hydrogen-bond donors (Lipinski definition) is 1. The SMILES string of the molecule is CC(CCc1ccco1)NCC(C)C(C)(C)C. The van der Waals surface area contributed by atoms with Crippen LogP contribution in [-0.4, -0.2) is 12.6 Å². The minimum absolute atomic E-state index is 0.383. The summed E-state index contributed by atoms with van der Waals surface area (Å²) < 4.78 is 5.34. The summed E-state index contributed by atoms with van der Waals surface area (Å²) in [5.41, 5.74) is 0.383. The number of rotatable bonds is 6. The van der Waals surface area contributed by atoms with Crippen LogP contribution in [0.15, 0.2) is 22.8 Å². The molecule has 98 valence electrons. The molecule has 2 atom stereocenters. The van der Waals surface area contributed by atoms with Crippen LogP contribution in [0.3, 0.4) is 0 Å². The maximum atomic E-state index is 5.34. The van der Waals surface area contributed by atoms with Gasteiger partial charge in [-0.05, 0) is 43.4 Å². The van der Waals surface area contributed by atoms with E-state index in [4.69, 9.17) is 4.42 Å². The quantitative estimate of drug-likeness (QED) is 0.812. The first-order valence-electron chi connectivity index (χ1n) is 6.65. The lowest BCUT2D eigenvalue weighted by atomic mass is 9.82. The Bertz CT molecular complexity index is 297. The fourth-order valence-electron chi connectivity index (χ4n) is 1.60. The fraction of sp³-hybridized carbons (Fsp3) is 0.733. The van der Waals surface area contributed by atoms with Crippen molar-refractivity contribution in [2.75, 3.05) is 6.54 Å². The van der Waals surface area contributed by atoms with Crippen LogP contribution in [0.2, 0.25) is 0 Å². The first-order valence-corrected chi connectivity index (χ1v) is 6.65. The summed E-state index contributed by atoms with van der Waals surface area (Å²) >= 11 is 0. The Morgan fingerprint density at radius 2 is 2.00 bits per heavy atom. The van der Waals surface area contributed by atoms with Gasteiger partial charge in [0.25, 0.3) is 0 Å². The highest BCUT2D eigenvalue weighted by Crippen LogP contribution is 2.24. The van der Waals surface area contributed by atoms with E-state index in [1.54, 1.807) is 6.26 Å². The summed E-state index contributed by atoms with van der Waals surface area (Å²) in [6.45, 7) is 12.5. The largest absolute Gasteiger partial charge is 0.469 e. The summed E-state index contributed by atoms with van der Waals surface area (Å²) in [7, 11) is 0. The van der Waals surface area contributed by atoms with Gasteiger partial charge in [-0.3, -0.25) is 0 Å². The first-order chi connectivity index (χ1) is 7.89. The molecule has 2 heteroatoms. The molecule has 1 aromatic heterocycles. The van der Waals surface area contributed by atoms with E-state index in [1.807, 2.05) is 12.1 Å². The maximum Gasteiger partial charge on any atom is 0.103 e. The van der Waals surface area contributed by atoms with Crippen molar-refractivity contribution in [2.24, 2.45) is 11.3 Å². The van der Waals surface area contributed by atoms with Crippen LogP contribution in [0.1, 0.15) is 46.8 Å². The molecular weight excluding hydrogens is 210 g/mol. The molecular formula is C15H27NO. The molecule has 1 heterocycles. The van der Waals surface area contributed by atoms with Gasteiger partial charge in [-0.2, -0.15) is 0 Å². The molecule has 0 aliphatic rings. The molecule has 0 saturated heterocycles. The fourth-order valence-corrected chi connectivity index (χ4v) is 1.60. The third kappa shape index (κ3) is 5.40. The van der Waals surface area contributed by atoms with Crippen molar-refractivity contribution >= 4 is 0 Å². The van der Waals surface area contributed by atoms with Gasteiger partial charge in [0.15, 0.2) is 0 Å². The molecule has 1 rings (SSSR count). The van der Waals surface area contributed by atoms with Crippen LogP contribution in [0.4, 0.5) is 0 Å². The molecule has 0 aliphatic carbocycles. The summed E-state index contributed by atoms with van der Waals surface area (Å²) in [4.78, 5) is 0. The Labute approximate surface area is 106 Å². The second kappa shape index (κ2) is 6.25. The third-order valence-electron chi connectivity index (χ3n) is 3.65. The molecule has 2 nitrogen and oxygen atoms in total. The molecule has 0 amide bonds. The minimum atomic E-state index is 0.383. The Morgan fingerprint density at radius 3 is 2.53 bits per heavy atom. The molecule has 17 heavy (non-hydrogen) atoms. The van der Waals surface area contributed by atoms with Gasteiger partial charge in [-0.15, -0.1) is 0 Å². The standard InChI is InChI=1S/C15H27NO/c1-12(15(3,4)5)11-16-13(2)8-9-14-7-6-10-17-14/h6-7,10,12-13,16H,8-9,11H2,1-5H3. The molecule has 0 radical (unpaired) electrons. The average Bonchev–Trinajstić information content (AvgIpc) is 2.74. The summed E-state index contributed by atoms with van der Waals surface area (Å²) in [6.07, 6.45) is 3.89. The van der Waals surface area contributed by atoms with Crippen LogP contribution in [0.25, 0.3) is 0 Å². The van der Waals surface area contributed by atoms with E-state index in [0.717, 1.165) is 25.1 Å². The molecule has 0 spiro atoms. The lowest BCUT2D eigenvalue weighted by Gasteiger charge is -2.28. The van der Waals surface area contributed by atoms with Crippen molar-refractivity contribution in [2.45, 2.75) is 53.5 Å². The van der Waals surface area contributed by atoms with Crippen molar-refractivity contribution in [1.29, 1.82) is 0 Å². The zero-order valence-corrected chi connectivity index (χ0v) is 11.9. The van der Waals surface area contributed by atoms with E-state index >= 15 is 0 Å².